The Balaban J connectivity index is 1.26. The number of nitrogens with zero attached hydrogens (tertiary/aromatic N) is 2. The zero-order chi connectivity index (χ0) is 30.3. The maximum absolute atomic E-state index is 13.2. The van der Waals surface area contributed by atoms with Crippen molar-refractivity contribution in [1.29, 1.82) is 0 Å². The van der Waals surface area contributed by atoms with Crippen molar-refractivity contribution in [2.45, 2.75) is 39.4 Å². The Morgan fingerprint density at radius 3 is 2.47 bits per heavy atom. The van der Waals surface area contributed by atoms with Crippen molar-refractivity contribution in [3.8, 4) is 40.0 Å². The monoisotopic (exact) mass is 586 g/mol. The van der Waals surface area contributed by atoms with Crippen LogP contribution in [0.4, 0.5) is 4.79 Å². The van der Waals surface area contributed by atoms with Gasteiger partial charge in [0.25, 0.3) is 0 Å². The molecule has 1 N–H and O–H groups in total. The van der Waals surface area contributed by atoms with E-state index >= 15 is 0 Å². The molecule has 0 radical (unpaired) electrons. The Kier molecular flexibility index (Phi) is 9.05. The Bertz CT molecular complexity index is 1580. The number of aryl methyl sites for hydroxylation is 1. The average molecular weight is 587 g/mol. The minimum absolute atomic E-state index is 0.0297. The van der Waals surface area contributed by atoms with Gasteiger partial charge in [-0.25, -0.2) is 9.59 Å². The molecule has 10 heteroatoms. The number of aliphatic carboxylic acids is 1. The molecule has 0 saturated heterocycles. The lowest BCUT2D eigenvalue weighted by molar-refractivity contribution is -0.142. The van der Waals surface area contributed by atoms with E-state index in [-0.39, 0.29) is 25.5 Å². The molecule has 1 atom stereocenters. The summed E-state index contributed by atoms with van der Waals surface area (Å²) in [6.07, 6.45) is -0.546. The van der Waals surface area contributed by atoms with Crippen LogP contribution in [0, 0.1) is 6.92 Å². The lowest BCUT2D eigenvalue weighted by Crippen LogP contribution is -2.45. The number of carbonyl (C=O) groups is 2. The highest BCUT2D eigenvalue weighted by Gasteiger charge is 2.30. The number of carboxylic acid groups (broad SMARTS) is 1. The number of amides is 1. The van der Waals surface area contributed by atoms with Crippen LogP contribution in [0.25, 0.3) is 11.3 Å². The highest BCUT2D eigenvalue weighted by molar-refractivity contribution is 5.81. The van der Waals surface area contributed by atoms with Crippen LogP contribution < -0.4 is 23.7 Å². The number of rotatable bonds is 12. The van der Waals surface area contributed by atoms with Crippen molar-refractivity contribution in [1.82, 2.24) is 9.47 Å². The number of carbonyl (C=O) groups excluding carboxylic acids is 1. The zero-order valence-corrected chi connectivity index (χ0v) is 24.3. The van der Waals surface area contributed by atoms with Gasteiger partial charge in [-0.15, -0.1) is 0 Å². The molecule has 0 bridgehead atoms. The Morgan fingerprint density at radius 1 is 0.953 bits per heavy atom. The first kappa shape index (κ1) is 29.4. The number of benzene rings is 3. The molecule has 5 rings (SSSR count). The van der Waals surface area contributed by atoms with E-state index < -0.39 is 18.1 Å². The summed E-state index contributed by atoms with van der Waals surface area (Å²) in [5.41, 5.74) is 3.86. The van der Waals surface area contributed by atoms with Gasteiger partial charge in [0, 0.05) is 17.0 Å². The lowest BCUT2D eigenvalue weighted by atomic mass is 10.1. The fourth-order valence-corrected chi connectivity index (χ4v) is 4.99. The molecule has 4 aromatic rings. The van der Waals surface area contributed by atoms with Crippen LogP contribution >= 0.6 is 0 Å². The second kappa shape index (κ2) is 13.2. The molecule has 1 aromatic heterocycles. The van der Waals surface area contributed by atoms with Crippen molar-refractivity contribution in [2.24, 2.45) is 0 Å². The largest absolute Gasteiger partial charge is 0.497 e. The standard InChI is InChI=1S/C33H34N2O8/c1-4-28(32(36)37)35(33(38)43-26-12-10-25(39-3)11-13-26)20-23-6-5-7-27(18-23)40-17-16-34-22(2)8-14-29(34)24-9-15-30-31(19-24)42-21-41-30/h5-15,18-19,28H,4,16-17,20-21H2,1-3H3,(H,36,37). The third-order valence-corrected chi connectivity index (χ3v) is 7.25. The van der Waals surface area contributed by atoms with Gasteiger partial charge in [0.1, 0.15) is 29.9 Å². The quantitative estimate of drug-likeness (QED) is 0.211. The second-order valence-corrected chi connectivity index (χ2v) is 10.0. The Morgan fingerprint density at radius 2 is 1.72 bits per heavy atom. The number of hydrogen-bond donors (Lipinski definition) is 1. The van der Waals surface area contributed by atoms with E-state index in [0.717, 1.165) is 28.5 Å². The Labute approximate surface area is 249 Å². The molecular weight excluding hydrogens is 552 g/mol. The number of hydrogen-bond acceptors (Lipinski definition) is 7. The molecule has 3 aromatic carbocycles. The fraction of sp³-hybridized carbons (Fsp3) is 0.273. The molecule has 1 aliphatic heterocycles. The minimum Gasteiger partial charge on any atom is -0.497 e. The molecule has 0 aliphatic carbocycles. The van der Waals surface area contributed by atoms with Crippen LogP contribution in [-0.4, -0.2) is 53.2 Å². The first-order valence-electron chi connectivity index (χ1n) is 14.0. The summed E-state index contributed by atoms with van der Waals surface area (Å²) < 4.78 is 29.9. The van der Waals surface area contributed by atoms with Gasteiger partial charge in [-0.05, 0) is 85.6 Å². The summed E-state index contributed by atoms with van der Waals surface area (Å²) in [7, 11) is 1.54. The minimum atomic E-state index is -1.11. The molecule has 0 saturated carbocycles. The van der Waals surface area contributed by atoms with Crippen LogP contribution in [0.2, 0.25) is 0 Å². The van der Waals surface area contributed by atoms with Crippen molar-refractivity contribution in [3.05, 3.63) is 90.1 Å². The van der Waals surface area contributed by atoms with E-state index in [9.17, 15) is 14.7 Å². The smallest absolute Gasteiger partial charge is 0.416 e. The number of methoxy groups -OCH3 is 1. The van der Waals surface area contributed by atoms with Gasteiger partial charge >= 0.3 is 12.1 Å². The first-order chi connectivity index (χ1) is 20.9. The van der Waals surface area contributed by atoms with E-state index in [1.54, 1.807) is 38.3 Å². The van der Waals surface area contributed by atoms with Crippen LogP contribution in [0.5, 0.6) is 28.7 Å². The molecular formula is C33H34N2O8. The number of carboxylic acids is 1. The summed E-state index contributed by atoms with van der Waals surface area (Å²) in [6.45, 7) is 5.01. The molecule has 224 valence electrons. The van der Waals surface area contributed by atoms with E-state index in [1.807, 2.05) is 49.4 Å². The third kappa shape index (κ3) is 6.86. The van der Waals surface area contributed by atoms with E-state index in [1.165, 1.54) is 4.90 Å². The molecule has 43 heavy (non-hydrogen) atoms. The van der Waals surface area contributed by atoms with Crippen molar-refractivity contribution < 1.29 is 38.4 Å². The maximum atomic E-state index is 13.2. The highest BCUT2D eigenvalue weighted by atomic mass is 16.7. The second-order valence-electron chi connectivity index (χ2n) is 10.0. The molecule has 1 amide bonds. The third-order valence-electron chi connectivity index (χ3n) is 7.25. The molecule has 10 nitrogen and oxygen atoms in total. The van der Waals surface area contributed by atoms with Crippen LogP contribution in [0.1, 0.15) is 24.6 Å². The number of fused-ring (bicyclic) bond motifs is 1. The van der Waals surface area contributed by atoms with Gasteiger partial charge in [-0.1, -0.05) is 19.1 Å². The predicted molar refractivity (Wildman–Crippen MR) is 159 cm³/mol. The SMILES string of the molecule is CCC(C(=O)O)N(Cc1cccc(OCCn2c(C)ccc2-c2ccc3c(c2)OCO3)c1)C(=O)Oc1ccc(OC)cc1. The van der Waals surface area contributed by atoms with Gasteiger partial charge in [-0.2, -0.15) is 0 Å². The van der Waals surface area contributed by atoms with Gasteiger partial charge in [-0.3, -0.25) is 4.90 Å². The zero-order valence-electron chi connectivity index (χ0n) is 24.3. The van der Waals surface area contributed by atoms with E-state index in [4.69, 9.17) is 23.7 Å². The van der Waals surface area contributed by atoms with E-state index in [0.29, 0.717) is 30.2 Å². The fourth-order valence-electron chi connectivity index (χ4n) is 4.99. The molecule has 0 spiro atoms. The lowest BCUT2D eigenvalue weighted by Gasteiger charge is -2.27. The van der Waals surface area contributed by atoms with E-state index in [2.05, 4.69) is 16.7 Å². The summed E-state index contributed by atoms with van der Waals surface area (Å²) in [6, 6.07) is 22.8. The topological polar surface area (TPSA) is 109 Å². The summed E-state index contributed by atoms with van der Waals surface area (Å²) in [5.74, 6) is 1.87. The number of ether oxygens (including phenoxy) is 5. The van der Waals surface area contributed by atoms with Crippen LogP contribution in [-0.2, 0) is 17.9 Å². The summed E-state index contributed by atoms with van der Waals surface area (Å²) >= 11 is 0. The van der Waals surface area contributed by atoms with Crippen molar-refractivity contribution in [3.63, 3.8) is 0 Å². The molecule has 1 aliphatic rings. The van der Waals surface area contributed by atoms with Crippen molar-refractivity contribution >= 4 is 12.1 Å². The van der Waals surface area contributed by atoms with Gasteiger partial charge < -0.3 is 33.4 Å². The van der Waals surface area contributed by atoms with Crippen molar-refractivity contribution in [2.75, 3.05) is 20.5 Å². The van der Waals surface area contributed by atoms with Gasteiger partial charge in [0.15, 0.2) is 11.5 Å². The van der Waals surface area contributed by atoms with Crippen LogP contribution in [0.15, 0.2) is 78.9 Å². The van der Waals surface area contributed by atoms with Crippen LogP contribution in [0.3, 0.4) is 0 Å². The summed E-state index contributed by atoms with van der Waals surface area (Å²) in [5, 5.41) is 9.83. The normalized spacial score (nSPS) is 12.4. The maximum Gasteiger partial charge on any atom is 0.416 e. The first-order valence-corrected chi connectivity index (χ1v) is 14.0. The highest BCUT2D eigenvalue weighted by Crippen LogP contribution is 2.36. The number of aromatic nitrogens is 1. The average Bonchev–Trinajstić information content (AvgIpc) is 3.63. The Hall–Kier alpha value is -5.12. The van der Waals surface area contributed by atoms with Gasteiger partial charge in [0.05, 0.1) is 20.2 Å². The molecule has 0 fully saturated rings. The molecule has 1 unspecified atom stereocenters. The van der Waals surface area contributed by atoms with Gasteiger partial charge in [0.2, 0.25) is 6.79 Å². The summed E-state index contributed by atoms with van der Waals surface area (Å²) in [4.78, 5) is 26.4. The molecule has 2 heterocycles. The predicted octanol–water partition coefficient (Wildman–Crippen LogP) is 6.14.